The lowest BCUT2D eigenvalue weighted by molar-refractivity contribution is 0.573. The van der Waals surface area contributed by atoms with Crippen molar-refractivity contribution in [1.82, 2.24) is 5.32 Å². The molecule has 3 aromatic rings. The van der Waals surface area contributed by atoms with Crippen molar-refractivity contribution in [2.75, 3.05) is 0 Å². The Morgan fingerprint density at radius 1 is 0.815 bits per heavy atom. The highest BCUT2D eigenvalue weighted by Crippen LogP contribution is 2.38. The molecule has 1 heterocycles. The summed E-state index contributed by atoms with van der Waals surface area (Å²) in [6.45, 7) is 0. The van der Waals surface area contributed by atoms with Gasteiger partial charge < -0.3 is 5.32 Å². The zero-order valence-corrected chi connectivity index (χ0v) is 16.2. The molecule has 27 heavy (non-hydrogen) atoms. The normalized spacial score (nSPS) is 18.3. The standard InChI is InChI=1S/C22H19FN2S.ClH/c23-19-14-8-7-13-18(19)15-26-22-24-20(16-9-3-1-4-10-16)21(25-22)17-11-5-2-6-12-17;/h1-14,20-21H,15H2,(H,24,25);1H/t20-,21+;. The number of aliphatic imine (C=N–C) groups is 1. The number of thioether (sulfide) groups is 1. The van der Waals surface area contributed by atoms with E-state index in [1.54, 1.807) is 17.8 Å². The van der Waals surface area contributed by atoms with Gasteiger partial charge in [0.2, 0.25) is 0 Å². The molecular weight excluding hydrogens is 379 g/mol. The third-order valence-corrected chi connectivity index (χ3v) is 5.43. The summed E-state index contributed by atoms with van der Waals surface area (Å²) in [5.74, 6) is 0.388. The van der Waals surface area contributed by atoms with E-state index in [0.29, 0.717) is 11.3 Å². The molecule has 0 radical (unpaired) electrons. The number of hydrogen-bond donors (Lipinski definition) is 1. The molecule has 0 aliphatic carbocycles. The Bertz CT molecular complexity index is 902. The maximum atomic E-state index is 13.9. The summed E-state index contributed by atoms with van der Waals surface area (Å²) in [6, 6.07) is 27.7. The number of benzene rings is 3. The van der Waals surface area contributed by atoms with E-state index in [1.807, 2.05) is 48.5 Å². The Morgan fingerprint density at radius 2 is 1.41 bits per heavy atom. The van der Waals surface area contributed by atoms with Crippen LogP contribution >= 0.6 is 24.2 Å². The van der Waals surface area contributed by atoms with Gasteiger partial charge in [-0.1, -0.05) is 90.6 Å². The molecule has 138 valence electrons. The summed E-state index contributed by atoms with van der Waals surface area (Å²) in [5.41, 5.74) is 3.07. The van der Waals surface area contributed by atoms with E-state index in [4.69, 9.17) is 4.99 Å². The molecule has 0 amide bonds. The molecule has 2 atom stereocenters. The van der Waals surface area contributed by atoms with E-state index in [-0.39, 0.29) is 30.3 Å². The number of hydrogen-bond acceptors (Lipinski definition) is 3. The van der Waals surface area contributed by atoms with Gasteiger partial charge >= 0.3 is 0 Å². The minimum absolute atomic E-state index is 0. The molecule has 0 aromatic heterocycles. The number of amidine groups is 1. The lowest BCUT2D eigenvalue weighted by atomic mass is 9.95. The Hall–Kier alpha value is -2.30. The summed E-state index contributed by atoms with van der Waals surface area (Å²) >= 11 is 1.55. The van der Waals surface area contributed by atoms with E-state index < -0.39 is 0 Å². The van der Waals surface area contributed by atoms with Crippen molar-refractivity contribution in [3.63, 3.8) is 0 Å². The fraction of sp³-hybridized carbons (Fsp3) is 0.136. The van der Waals surface area contributed by atoms with Crippen molar-refractivity contribution >= 4 is 29.3 Å². The van der Waals surface area contributed by atoms with Gasteiger partial charge in [0.1, 0.15) is 11.9 Å². The molecule has 3 aromatic carbocycles. The monoisotopic (exact) mass is 398 g/mol. The van der Waals surface area contributed by atoms with Crippen LogP contribution in [0.25, 0.3) is 0 Å². The van der Waals surface area contributed by atoms with Crippen molar-refractivity contribution in [3.05, 3.63) is 107 Å². The fourth-order valence-corrected chi connectivity index (χ4v) is 4.06. The van der Waals surface area contributed by atoms with Crippen LogP contribution < -0.4 is 5.32 Å². The van der Waals surface area contributed by atoms with Gasteiger partial charge in [0.15, 0.2) is 5.17 Å². The Labute approximate surface area is 169 Å². The van der Waals surface area contributed by atoms with Crippen molar-refractivity contribution in [2.45, 2.75) is 17.8 Å². The Balaban J connectivity index is 0.00000210. The summed E-state index contributed by atoms with van der Waals surface area (Å²) in [7, 11) is 0. The number of nitrogens with zero attached hydrogens (tertiary/aromatic N) is 1. The average molecular weight is 399 g/mol. The van der Waals surface area contributed by atoms with E-state index in [1.165, 1.54) is 17.2 Å². The first-order valence-electron chi connectivity index (χ1n) is 8.62. The summed E-state index contributed by atoms with van der Waals surface area (Å²) in [6.07, 6.45) is 0. The predicted octanol–water partition coefficient (Wildman–Crippen LogP) is 5.92. The van der Waals surface area contributed by atoms with Crippen LogP contribution in [0, 0.1) is 5.82 Å². The van der Waals surface area contributed by atoms with Gasteiger partial charge in [-0.15, -0.1) is 12.4 Å². The van der Waals surface area contributed by atoms with Gasteiger partial charge in [-0.2, -0.15) is 0 Å². The maximum absolute atomic E-state index is 13.9. The van der Waals surface area contributed by atoms with E-state index in [2.05, 4.69) is 29.6 Å². The van der Waals surface area contributed by atoms with Crippen molar-refractivity contribution in [1.29, 1.82) is 0 Å². The number of nitrogens with one attached hydrogen (secondary N) is 1. The van der Waals surface area contributed by atoms with Gasteiger partial charge in [-0.25, -0.2) is 4.39 Å². The summed E-state index contributed by atoms with van der Waals surface area (Å²) < 4.78 is 13.9. The van der Waals surface area contributed by atoms with E-state index >= 15 is 0 Å². The highest BCUT2D eigenvalue weighted by Gasteiger charge is 2.31. The van der Waals surface area contributed by atoms with E-state index in [0.717, 1.165) is 5.17 Å². The first kappa shape index (κ1) is 19.5. The first-order valence-corrected chi connectivity index (χ1v) is 9.60. The molecule has 0 unspecified atom stereocenters. The van der Waals surface area contributed by atoms with Gasteiger partial charge in [0.25, 0.3) is 0 Å². The molecule has 4 rings (SSSR count). The van der Waals surface area contributed by atoms with Crippen LogP contribution in [0.5, 0.6) is 0 Å². The van der Waals surface area contributed by atoms with Gasteiger partial charge in [-0.3, -0.25) is 4.99 Å². The van der Waals surface area contributed by atoms with Crippen molar-refractivity contribution in [3.8, 4) is 0 Å². The third kappa shape index (κ3) is 4.52. The molecule has 0 saturated carbocycles. The molecule has 0 fully saturated rings. The average Bonchev–Trinajstić information content (AvgIpc) is 3.13. The quantitative estimate of drug-likeness (QED) is 0.589. The SMILES string of the molecule is Cl.Fc1ccccc1CSC1=N[C@H](c2ccccc2)[C@H](c2ccccc2)N1. The molecule has 5 heteroatoms. The van der Waals surface area contributed by atoms with Crippen LogP contribution in [0.4, 0.5) is 4.39 Å². The van der Waals surface area contributed by atoms with Crippen LogP contribution in [-0.2, 0) is 5.75 Å². The predicted molar refractivity (Wildman–Crippen MR) is 114 cm³/mol. The Kier molecular flexibility index (Phi) is 6.54. The van der Waals surface area contributed by atoms with Gasteiger partial charge in [0.05, 0.1) is 6.04 Å². The molecule has 2 nitrogen and oxygen atoms in total. The second-order valence-electron chi connectivity index (χ2n) is 6.20. The van der Waals surface area contributed by atoms with E-state index in [9.17, 15) is 4.39 Å². The number of halogens is 2. The zero-order valence-electron chi connectivity index (χ0n) is 14.6. The molecule has 1 aliphatic heterocycles. The molecule has 0 bridgehead atoms. The molecule has 1 aliphatic rings. The zero-order chi connectivity index (χ0) is 17.8. The largest absolute Gasteiger partial charge is 0.356 e. The minimum atomic E-state index is -0.169. The lowest BCUT2D eigenvalue weighted by Gasteiger charge is -2.19. The van der Waals surface area contributed by atoms with Crippen molar-refractivity contribution < 1.29 is 4.39 Å². The van der Waals surface area contributed by atoms with Crippen LogP contribution in [-0.4, -0.2) is 5.17 Å². The lowest BCUT2D eigenvalue weighted by Crippen LogP contribution is -2.22. The van der Waals surface area contributed by atoms with Gasteiger partial charge in [-0.05, 0) is 22.8 Å². The first-order chi connectivity index (χ1) is 12.8. The van der Waals surface area contributed by atoms with Crippen LogP contribution in [0.15, 0.2) is 89.9 Å². The second-order valence-corrected chi connectivity index (χ2v) is 7.17. The molecular formula is C22H20ClFN2S. The molecule has 0 saturated heterocycles. The van der Waals surface area contributed by atoms with Crippen LogP contribution in [0.2, 0.25) is 0 Å². The highest BCUT2D eigenvalue weighted by atomic mass is 35.5. The van der Waals surface area contributed by atoms with Crippen molar-refractivity contribution in [2.24, 2.45) is 4.99 Å². The van der Waals surface area contributed by atoms with Gasteiger partial charge in [0, 0.05) is 5.75 Å². The highest BCUT2D eigenvalue weighted by molar-refractivity contribution is 8.13. The fourth-order valence-electron chi connectivity index (χ4n) is 3.13. The van der Waals surface area contributed by atoms with Crippen LogP contribution in [0.1, 0.15) is 28.8 Å². The Morgan fingerprint density at radius 3 is 2.07 bits per heavy atom. The number of rotatable bonds is 4. The topological polar surface area (TPSA) is 24.4 Å². The molecule has 1 N–H and O–H groups in total. The second kappa shape index (κ2) is 9.07. The maximum Gasteiger partial charge on any atom is 0.158 e. The minimum Gasteiger partial charge on any atom is -0.356 e. The third-order valence-electron chi connectivity index (χ3n) is 4.47. The van der Waals surface area contributed by atoms with Crippen LogP contribution in [0.3, 0.4) is 0 Å². The summed E-state index contributed by atoms with van der Waals surface area (Å²) in [4.78, 5) is 4.91. The smallest absolute Gasteiger partial charge is 0.158 e. The summed E-state index contributed by atoms with van der Waals surface area (Å²) in [5, 5.41) is 4.39. The molecule has 0 spiro atoms.